The Labute approximate surface area is 157 Å². The Kier molecular flexibility index (Phi) is 5.78. The maximum atomic E-state index is 12.5. The molecule has 0 unspecified atom stereocenters. The number of carbonyl (C=O) groups is 3. The molecule has 1 aliphatic carbocycles. The minimum atomic E-state index is -0.934. The van der Waals surface area contributed by atoms with Crippen molar-refractivity contribution >= 4 is 17.8 Å². The normalized spacial score (nSPS) is 22.4. The standard InChI is InChI=1S/C20H23NO6/c1-13(21-18(22)16-5-3-4-6-17(16)19(21)23)20(24)27-12-11-26-15-9-7-14(25-2)8-10-15/h3-4,7-10,13,16-17H,5-6,11-12H2,1-2H3/t13-,16-,17+/m1/s1. The first-order chi connectivity index (χ1) is 13.0. The van der Waals surface area contributed by atoms with Crippen LogP contribution in [0.4, 0.5) is 0 Å². The van der Waals surface area contributed by atoms with Crippen LogP contribution >= 0.6 is 0 Å². The van der Waals surface area contributed by atoms with Crippen molar-refractivity contribution in [3.8, 4) is 11.5 Å². The van der Waals surface area contributed by atoms with E-state index in [1.54, 1.807) is 31.4 Å². The molecule has 0 radical (unpaired) electrons. The second-order valence-electron chi connectivity index (χ2n) is 6.57. The number of hydrogen-bond donors (Lipinski definition) is 0. The van der Waals surface area contributed by atoms with Crippen LogP contribution in [0, 0.1) is 11.8 Å². The molecule has 0 saturated carbocycles. The quantitative estimate of drug-likeness (QED) is 0.314. The molecule has 2 aliphatic rings. The summed E-state index contributed by atoms with van der Waals surface area (Å²) in [6.45, 7) is 1.72. The zero-order valence-corrected chi connectivity index (χ0v) is 15.4. The molecule has 1 aromatic carbocycles. The zero-order valence-electron chi connectivity index (χ0n) is 15.4. The van der Waals surface area contributed by atoms with Gasteiger partial charge in [-0.05, 0) is 44.0 Å². The van der Waals surface area contributed by atoms with E-state index in [0.717, 1.165) is 10.6 Å². The van der Waals surface area contributed by atoms with Crippen LogP contribution in [-0.2, 0) is 19.1 Å². The number of amides is 2. The van der Waals surface area contributed by atoms with Crippen molar-refractivity contribution in [2.24, 2.45) is 11.8 Å². The number of imide groups is 1. The second kappa shape index (κ2) is 8.24. The molecule has 0 N–H and O–H groups in total. The van der Waals surface area contributed by atoms with E-state index >= 15 is 0 Å². The molecular weight excluding hydrogens is 350 g/mol. The number of rotatable bonds is 7. The summed E-state index contributed by atoms with van der Waals surface area (Å²) in [5.74, 6) is -0.532. The SMILES string of the molecule is COc1ccc(OCCOC(=O)[C@@H](C)N2C(=O)[C@H]3CC=CC[C@H]3C2=O)cc1. The Morgan fingerprint density at radius 2 is 1.59 bits per heavy atom. The molecule has 1 heterocycles. The molecule has 1 aliphatic heterocycles. The van der Waals surface area contributed by atoms with Crippen LogP contribution in [0.25, 0.3) is 0 Å². The maximum Gasteiger partial charge on any atom is 0.329 e. The van der Waals surface area contributed by atoms with E-state index in [0.29, 0.717) is 18.6 Å². The van der Waals surface area contributed by atoms with Gasteiger partial charge in [-0.3, -0.25) is 14.5 Å². The lowest BCUT2D eigenvalue weighted by Crippen LogP contribution is -2.44. The van der Waals surface area contributed by atoms with Crippen molar-refractivity contribution in [1.82, 2.24) is 4.90 Å². The Hall–Kier alpha value is -2.83. The van der Waals surface area contributed by atoms with Gasteiger partial charge in [-0.25, -0.2) is 4.79 Å². The summed E-state index contributed by atoms with van der Waals surface area (Å²) in [6.07, 6.45) is 4.91. The van der Waals surface area contributed by atoms with Crippen molar-refractivity contribution in [3.05, 3.63) is 36.4 Å². The van der Waals surface area contributed by atoms with Crippen molar-refractivity contribution in [2.75, 3.05) is 20.3 Å². The third-order valence-corrected chi connectivity index (χ3v) is 4.93. The van der Waals surface area contributed by atoms with E-state index in [1.165, 1.54) is 6.92 Å². The highest BCUT2D eigenvalue weighted by Crippen LogP contribution is 2.36. The molecule has 0 aromatic heterocycles. The number of carbonyl (C=O) groups excluding carboxylic acids is 3. The summed E-state index contributed by atoms with van der Waals surface area (Å²) < 4.78 is 15.7. The van der Waals surface area contributed by atoms with E-state index in [2.05, 4.69) is 0 Å². The van der Waals surface area contributed by atoms with Crippen molar-refractivity contribution in [3.63, 3.8) is 0 Å². The smallest absolute Gasteiger partial charge is 0.329 e. The Bertz CT molecular complexity index is 715. The minimum absolute atomic E-state index is 0.0276. The lowest BCUT2D eigenvalue weighted by atomic mass is 9.85. The van der Waals surface area contributed by atoms with E-state index in [-0.39, 0.29) is 36.9 Å². The third-order valence-electron chi connectivity index (χ3n) is 4.93. The van der Waals surface area contributed by atoms with E-state index in [9.17, 15) is 14.4 Å². The van der Waals surface area contributed by atoms with Crippen molar-refractivity contribution in [2.45, 2.75) is 25.8 Å². The van der Waals surface area contributed by atoms with Gasteiger partial charge >= 0.3 is 5.97 Å². The summed E-state index contributed by atoms with van der Waals surface area (Å²) >= 11 is 0. The van der Waals surface area contributed by atoms with Crippen LogP contribution in [0.15, 0.2) is 36.4 Å². The fourth-order valence-corrected chi connectivity index (χ4v) is 3.41. The van der Waals surface area contributed by atoms with Gasteiger partial charge in [0.15, 0.2) is 0 Å². The minimum Gasteiger partial charge on any atom is -0.497 e. The number of esters is 1. The van der Waals surface area contributed by atoms with Gasteiger partial charge in [0.1, 0.15) is 30.8 Å². The lowest BCUT2D eigenvalue weighted by Gasteiger charge is -2.21. The van der Waals surface area contributed by atoms with E-state index < -0.39 is 12.0 Å². The molecule has 144 valence electrons. The topological polar surface area (TPSA) is 82.1 Å². The first-order valence-electron chi connectivity index (χ1n) is 8.98. The van der Waals surface area contributed by atoms with Gasteiger partial charge in [0.05, 0.1) is 18.9 Å². The molecular formula is C20H23NO6. The predicted octanol–water partition coefficient (Wildman–Crippen LogP) is 1.96. The highest BCUT2D eigenvalue weighted by molar-refractivity contribution is 6.08. The molecule has 0 spiro atoms. The van der Waals surface area contributed by atoms with Crippen LogP contribution in [0.2, 0.25) is 0 Å². The van der Waals surface area contributed by atoms with Gasteiger partial charge in [0, 0.05) is 0 Å². The summed E-state index contributed by atoms with van der Waals surface area (Å²) in [5, 5.41) is 0. The summed E-state index contributed by atoms with van der Waals surface area (Å²) in [5.41, 5.74) is 0. The van der Waals surface area contributed by atoms with Gasteiger partial charge in [-0.2, -0.15) is 0 Å². The fraction of sp³-hybridized carbons (Fsp3) is 0.450. The number of ether oxygens (including phenoxy) is 3. The summed E-state index contributed by atoms with van der Waals surface area (Å²) in [6, 6.07) is 6.10. The van der Waals surface area contributed by atoms with Crippen LogP contribution in [0.3, 0.4) is 0 Å². The van der Waals surface area contributed by atoms with Gasteiger partial charge in [-0.1, -0.05) is 12.2 Å². The molecule has 7 heteroatoms. The van der Waals surface area contributed by atoms with Crippen LogP contribution in [-0.4, -0.2) is 49.0 Å². The molecule has 1 aromatic rings. The van der Waals surface area contributed by atoms with Gasteiger partial charge in [-0.15, -0.1) is 0 Å². The first-order valence-corrected chi connectivity index (χ1v) is 8.98. The molecule has 0 bridgehead atoms. The van der Waals surface area contributed by atoms with Gasteiger partial charge in [0.25, 0.3) is 0 Å². The number of fused-ring (bicyclic) bond motifs is 1. The van der Waals surface area contributed by atoms with Crippen LogP contribution in [0.1, 0.15) is 19.8 Å². The average Bonchev–Trinajstić information content (AvgIpc) is 2.95. The number of nitrogens with zero attached hydrogens (tertiary/aromatic N) is 1. The molecule has 7 nitrogen and oxygen atoms in total. The fourth-order valence-electron chi connectivity index (χ4n) is 3.41. The maximum absolute atomic E-state index is 12.5. The number of benzene rings is 1. The second-order valence-corrected chi connectivity index (χ2v) is 6.57. The lowest BCUT2D eigenvalue weighted by molar-refractivity contribution is -0.158. The van der Waals surface area contributed by atoms with Crippen LogP contribution < -0.4 is 9.47 Å². The van der Waals surface area contributed by atoms with Crippen molar-refractivity contribution in [1.29, 1.82) is 0 Å². The number of hydrogen-bond acceptors (Lipinski definition) is 6. The van der Waals surface area contributed by atoms with Gasteiger partial charge in [0.2, 0.25) is 11.8 Å². The first kappa shape index (κ1) is 18.9. The molecule has 2 amide bonds. The number of methoxy groups -OCH3 is 1. The van der Waals surface area contributed by atoms with E-state index in [4.69, 9.17) is 14.2 Å². The monoisotopic (exact) mass is 373 g/mol. The molecule has 27 heavy (non-hydrogen) atoms. The average molecular weight is 373 g/mol. The predicted molar refractivity (Wildman–Crippen MR) is 96.1 cm³/mol. The molecule has 1 fully saturated rings. The van der Waals surface area contributed by atoms with E-state index in [1.807, 2.05) is 12.2 Å². The number of allylic oxidation sites excluding steroid dienone is 2. The third kappa shape index (κ3) is 3.97. The molecule has 1 saturated heterocycles. The van der Waals surface area contributed by atoms with Crippen molar-refractivity contribution < 1.29 is 28.6 Å². The summed E-state index contributed by atoms with van der Waals surface area (Å²) in [4.78, 5) is 38.3. The molecule has 3 rings (SSSR count). The Morgan fingerprint density at radius 1 is 1.04 bits per heavy atom. The number of likely N-dealkylation sites (tertiary alicyclic amines) is 1. The Morgan fingerprint density at radius 3 is 2.15 bits per heavy atom. The van der Waals surface area contributed by atoms with Crippen LogP contribution in [0.5, 0.6) is 11.5 Å². The summed E-state index contributed by atoms with van der Waals surface area (Å²) in [7, 11) is 1.58. The largest absolute Gasteiger partial charge is 0.497 e. The zero-order chi connectivity index (χ0) is 19.4. The Balaban J connectivity index is 1.47. The molecule has 3 atom stereocenters. The highest BCUT2D eigenvalue weighted by Gasteiger charge is 2.50. The highest BCUT2D eigenvalue weighted by atomic mass is 16.6. The van der Waals surface area contributed by atoms with Gasteiger partial charge < -0.3 is 14.2 Å².